The Morgan fingerprint density at radius 3 is 2.76 bits per heavy atom. The van der Waals surface area contributed by atoms with Crippen LogP contribution in [0.3, 0.4) is 0 Å². The van der Waals surface area contributed by atoms with Crippen molar-refractivity contribution in [2.45, 2.75) is 25.4 Å². The Balaban J connectivity index is 2.30. The molecule has 132 valence electrons. The smallest absolute Gasteiger partial charge is 0.343 e. The molecule has 8 heteroatoms. The lowest BCUT2D eigenvalue weighted by molar-refractivity contribution is -0.134. The number of ether oxygens (including phenoxy) is 2. The maximum atomic E-state index is 12.1. The van der Waals surface area contributed by atoms with Gasteiger partial charge in [-0.05, 0) is 25.3 Å². The number of benzene rings is 1. The van der Waals surface area contributed by atoms with Crippen molar-refractivity contribution in [1.82, 2.24) is 9.97 Å². The third kappa shape index (κ3) is 5.18. The van der Waals surface area contributed by atoms with E-state index in [2.05, 4.69) is 15.3 Å². The molecule has 2 rings (SSSR count). The fourth-order valence-corrected chi connectivity index (χ4v) is 2.24. The number of hydrogen-bond donors (Lipinski definition) is 1. The quantitative estimate of drug-likeness (QED) is 0.347. The summed E-state index contributed by atoms with van der Waals surface area (Å²) in [6.45, 7) is 3.71. The molecule has 0 radical (unpaired) electrons. The number of aromatic nitrogens is 2. The van der Waals surface area contributed by atoms with E-state index in [1.54, 1.807) is 38.1 Å². The predicted octanol–water partition coefficient (Wildman–Crippen LogP) is 3.43. The molecule has 0 aliphatic rings. The lowest BCUT2D eigenvalue weighted by Gasteiger charge is -2.12. The van der Waals surface area contributed by atoms with Crippen molar-refractivity contribution >= 4 is 35.2 Å². The van der Waals surface area contributed by atoms with Gasteiger partial charge in [-0.1, -0.05) is 24.8 Å². The summed E-state index contributed by atoms with van der Waals surface area (Å²) in [6, 6.07) is 6.85. The third-order valence-electron chi connectivity index (χ3n) is 3.06. The van der Waals surface area contributed by atoms with Crippen molar-refractivity contribution in [3.8, 4) is 5.75 Å². The third-order valence-corrected chi connectivity index (χ3v) is 3.62. The first-order valence-electron chi connectivity index (χ1n) is 7.73. The number of carbonyl (C=O) groups excluding carboxylic acids is 2. The molecule has 1 heterocycles. The molecular formula is C17H19N3O4S. The molecule has 2 aromatic rings. The molecule has 7 nitrogen and oxygen atoms in total. The summed E-state index contributed by atoms with van der Waals surface area (Å²) in [4.78, 5) is 32.0. The van der Waals surface area contributed by atoms with Crippen molar-refractivity contribution in [2.24, 2.45) is 0 Å². The van der Waals surface area contributed by atoms with Crippen molar-refractivity contribution in [1.29, 1.82) is 0 Å². The molecule has 25 heavy (non-hydrogen) atoms. The summed E-state index contributed by atoms with van der Waals surface area (Å²) in [5.74, 6) is -0.0901. The fourth-order valence-electron chi connectivity index (χ4n) is 1.90. The summed E-state index contributed by atoms with van der Waals surface area (Å²) in [6.07, 6.45) is 3.56. The lowest BCUT2D eigenvalue weighted by Crippen LogP contribution is -2.11. The number of anilines is 2. The Kier molecular flexibility index (Phi) is 6.76. The fraction of sp³-hybridized carbons (Fsp3) is 0.294. The number of esters is 2. The van der Waals surface area contributed by atoms with Crippen LogP contribution in [0, 0.1) is 0 Å². The highest BCUT2D eigenvalue weighted by molar-refractivity contribution is 7.98. The van der Waals surface area contributed by atoms with Gasteiger partial charge in [0.2, 0.25) is 0 Å². The van der Waals surface area contributed by atoms with E-state index in [1.807, 2.05) is 6.26 Å². The molecule has 0 saturated carbocycles. The maximum Gasteiger partial charge on any atom is 0.343 e. The Labute approximate surface area is 150 Å². The van der Waals surface area contributed by atoms with E-state index >= 15 is 0 Å². The Bertz CT molecular complexity index is 767. The second kappa shape index (κ2) is 9.03. The van der Waals surface area contributed by atoms with Crippen molar-refractivity contribution in [3.63, 3.8) is 0 Å². The van der Waals surface area contributed by atoms with Gasteiger partial charge in [-0.3, -0.25) is 4.79 Å². The van der Waals surface area contributed by atoms with Gasteiger partial charge in [0.1, 0.15) is 17.1 Å². The van der Waals surface area contributed by atoms with Gasteiger partial charge in [0.25, 0.3) is 0 Å². The molecule has 0 atom stereocenters. The number of nitrogens with one attached hydrogen (secondary N) is 1. The number of nitrogens with zero attached hydrogens (tertiary/aromatic N) is 2. The Hall–Kier alpha value is -2.61. The highest BCUT2D eigenvalue weighted by Crippen LogP contribution is 2.24. The lowest BCUT2D eigenvalue weighted by atomic mass is 10.2. The highest BCUT2D eigenvalue weighted by Gasteiger charge is 2.16. The van der Waals surface area contributed by atoms with Crippen molar-refractivity contribution in [3.05, 3.63) is 36.0 Å². The largest absolute Gasteiger partial charge is 0.462 e. The first kappa shape index (κ1) is 18.7. The zero-order chi connectivity index (χ0) is 18.2. The van der Waals surface area contributed by atoms with E-state index in [0.29, 0.717) is 22.4 Å². The molecule has 0 amide bonds. The number of rotatable bonds is 7. The minimum absolute atomic E-state index is 0.232. The van der Waals surface area contributed by atoms with Crippen LogP contribution in [0.15, 0.2) is 35.6 Å². The van der Waals surface area contributed by atoms with Gasteiger partial charge in [-0.2, -0.15) is 0 Å². The number of hydrogen-bond acceptors (Lipinski definition) is 8. The minimum atomic E-state index is -0.508. The van der Waals surface area contributed by atoms with Gasteiger partial charge in [0, 0.05) is 24.4 Å². The van der Waals surface area contributed by atoms with Crippen LogP contribution in [0.5, 0.6) is 5.75 Å². The topological polar surface area (TPSA) is 90.4 Å². The van der Waals surface area contributed by atoms with Gasteiger partial charge in [0.15, 0.2) is 5.16 Å². The average molecular weight is 361 g/mol. The Morgan fingerprint density at radius 2 is 2.08 bits per heavy atom. The van der Waals surface area contributed by atoms with Crippen LogP contribution in [0.2, 0.25) is 0 Å². The monoisotopic (exact) mass is 361 g/mol. The molecule has 0 aliphatic carbocycles. The zero-order valence-electron chi connectivity index (χ0n) is 14.2. The number of carbonyl (C=O) groups is 2. The van der Waals surface area contributed by atoms with Gasteiger partial charge in [-0.15, -0.1) is 0 Å². The van der Waals surface area contributed by atoms with Gasteiger partial charge in [-0.25, -0.2) is 14.8 Å². The summed E-state index contributed by atoms with van der Waals surface area (Å²) in [5, 5.41) is 3.58. The number of thioether (sulfide) groups is 1. The van der Waals surface area contributed by atoms with Crippen LogP contribution in [-0.4, -0.2) is 34.8 Å². The first-order valence-corrected chi connectivity index (χ1v) is 8.95. The van der Waals surface area contributed by atoms with E-state index in [0.717, 1.165) is 0 Å². The van der Waals surface area contributed by atoms with Crippen molar-refractivity contribution in [2.75, 3.05) is 18.2 Å². The second-order valence-electron chi connectivity index (χ2n) is 4.82. The molecule has 0 bridgehead atoms. The highest BCUT2D eigenvalue weighted by atomic mass is 32.2. The predicted molar refractivity (Wildman–Crippen MR) is 95.4 cm³/mol. The van der Waals surface area contributed by atoms with E-state index in [1.165, 1.54) is 18.0 Å². The second-order valence-corrected chi connectivity index (χ2v) is 5.59. The van der Waals surface area contributed by atoms with Crippen LogP contribution in [0.1, 0.15) is 30.6 Å². The standard InChI is InChI=1S/C17H19N3O4S/c1-4-14(21)24-12-8-6-7-11(9-12)19-15-13(16(22)23-5-2)10-18-17(20-15)25-3/h6-10H,4-5H2,1-3H3,(H,18,19,20). The molecule has 0 saturated heterocycles. The van der Waals surface area contributed by atoms with Crippen LogP contribution < -0.4 is 10.1 Å². The SMILES string of the molecule is CCOC(=O)c1cnc(SC)nc1Nc1cccc(OC(=O)CC)c1. The maximum absolute atomic E-state index is 12.1. The Morgan fingerprint density at radius 1 is 1.28 bits per heavy atom. The van der Waals surface area contributed by atoms with E-state index in [4.69, 9.17) is 9.47 Å². The first-order chi connectivity index (χ1) is 12.1. The summed E-state index contributed by atoms with van der Waals surface area (Å²) in [7, 11) is 0. The molecule has 0 unspecified atom stereocenters. The van der Waals surface area contributed by atoms with Gasteiger partial charge >= 0.3 is 11.9 Å². The molecule has 0 fully saturated rings. The molecule has 0 aliphatic heterocycles. The van der Waals surface area contributed by atoms with Crippen LogP contribution in [0.4, 0.5) is 11.5 Å². The van der Waals surface area contributed by atoms with Crippen molar-refractivity contribution < 1.29 is 19.1 Å². The summed E-state index contributed by atoms with van der Waals surface area (Å²) < 4.78 is 10.2. The normalized spacial score (nSPS) is 10.2. The molecular weight excluding hydrogens is 342 g/mol. The minimum Gasteiger partial charge on any atom is -0.462 e. The molecule has 1 aromatic carbocycles. The summed E-state index contributed by atoms with van der Waals surface area (Å²) >= 11 is 1.36. The van der Waals surface area contributed by atoms with Crippen LogP contribution in [-0.2, 0) is 9.53 Å². The molecule has 1 N–H and O–H groups in total. The molecule has 1 aromatic heterocycles. The zero-order valence-corrected chi connectivity index (χ0v) is 15.1. The van der Waals surface area contributed by atoms with Crippen LogP contribution in [0.25, 0.3) is 0 Å². The van der Waals surface area contributed by atoms with Gasteiger partial charge < -0.3 is 14.8 Å². The average Bonchev–Trinajstić information content (AvgIpc) is 2.62. The van der Waals surface area contributed by atoms with E-state index in [9.17, 15) is 9.59 Å². The van der Waals surface area contributed by atoms with Gasteiger partial charge in [0.05, 0.1) is 6.61 Å². The van der Waals surface area contributed by atoms with E-state index < -0.39 is 5.97 Å². The van der Waals surface area contributed by atoms with Crippen LogP contribution >= 0.6 is 11.8 Å². The summed E-state index contributed by atoms with van der Waals surface area (Å²) in [5.41, 5.74) is 0.855. The van der Waals surface area contributed by atoms with E-state index in [-0.39, 0.29) is 24.6 Å². The molecule has 0 spiro atoms.